The third kappa shape index (κ3) is 2.47. The van der Waals surface area contributed by atoms with Crippen LogP contribution in [0.2, 0.25) is 0 Å². The highest BCUT2D eigenvalue weighted by molar-refractivity contribution is 5.74. The van der Waals surface area contributed by atoms with Gasteiger partial charge in [0.25, 0.3) is 0 Å². The summed E-state index contributed by atoms with van der Waals surface area (Å²) in [5.74, 6) is -0.513. The predicted octanol–water partition coefficient (Wildman–Crippen LogP) is 2.41. The minimum Gasteiger partial charge on any atom is -0.481 e. The van der Waals surface area contributed by atoms with Gasteiger partial charge in [-0.25, -0.2) is 0 Å². The molecule has 1 aliphatic rings. The summed E-state index contributed by atoms with van der Waals surface area (Å²) < 4.78 is 0. The van der Waals surface area contributed by atoms with Gasteiger partial charge in [0.15, 0.2) is 0 Å². The Morgan fingerprint density at radius 2 is 2.11 bits per heavy atom. The summed E-state index contributed by atoms with van der Waals surface area (Å²) in [6.07, 6.45) is 5.59. The zero-order valence-corrected chi connectivity index (χ0v) is 11.0. The van der Waals surface area contributed by atoms with E-state index in [1.165, 1.54) is 0 Å². The fourth-order valence-electron chi connectivity index (χ4n) is 2.53. The van der Waals surface area contributed by atoms with Crippen LogP contribution in [-0.2, 0) is 4.79 Å². The maximum Gasteiger partial charge on any atom is 0.309 e. The Bertz CT molecular complexity index is 417. The van der Waals surface area contributed by atoms with E-state index in [9.17, 15) is 9.90 Å². The van der Waals surface area contributed by atoms with E-state index in [1.807, 2.05) is 26.0 Å². The van der Waals surface area contributed by atoms with Gasteiger partial charge in [-0.15, -0.1) is 0 Å². The molecule has 0 aliphatic carbocycles. The van der Waals surface area contributed by atoms with E-state index in [1.54, 1.807) is 12.4 Å². The van der Waals surface area contributed by atoms with Crippen LogP contribution in [0.25, 0.3) is 0 Å². The largest absolute Gasteiger partial charge is 0.481 e. The topological polar surface area (TPSA) is 53.4 Å². The summed E-state index contributed by atoms with van der Waals surface area (Å²) in [6, 6.07) is 3.96. The van der Waals surface area contributed by atoms with Gasteiger partial charge in [-0.05, 0) is 44.7 Å². The molecule has 1 unspecified atom stereocenters. The van der Waals surface area contributed by atoms with Crippen LogP contribution in [-0.4, -0.2) is 29.1 Å². The molecule has 0 spiro atoms. The highest BCUT2D eigenvalue weighted by Gasteiger charge is 2.39. The molecule has 0 bridgehead atoms. The molecule has 1 saturated heterocycles. The number of aromatic nitrogens is 1. The molecule has 98 valence electrons. The van der Waals surface area contributed by atoms with Crippen LogP contribution >= 0.6 is 0 Å². The number of hydrogen-bond acceptors (Lipinski definition) is 3. The lowest BCUT2D eigenvalue weighted by molar-refractivity contribution is -0.150. The summed E-state index contributed by atoms with van der Waals surface area (Å²) >= 11 is 0. The monoisotopic (exact) mass is 248 g/mol. The number of nitrogens with zero attached hydrogens (tertiary/aromatic N) is 2. The second kappa shape index (κ2) is 4.96. The normalized spacial score (nSPS) is 20.8. The zero-order valence-electron chi connectivity index (χ0n) is 11.0. The van der Waals surface area contributed by atoms with Crippen LogP contribution in [0.3, 0.4) is 0 Å². The highest BCUT2D eigenvalue weighted by Crippen LogP contribution is 2.35. The van der Waals surface area contributed by atoms with Crippen molar-refractivity contribution in [1.82, 2.24) is 4.98 Å². The van der Waals surface area contributed by atoms with Gasteiger partial charge in [0.05, 0.1) is 5.41 Å². The van der Waals surface area contributed by atoms with Crippen molar-refractivity contribution in [2.75, 3.05) is 18.0 Å². The van der Waals surface area contributed by atoms with Crippen LogP contribution in [0.5, 0.6) is 0 Å². The molecule has 0 saturated carbocycles. The summed E-state index contributed by atoms with van der Waals surface area (Å²) in [6.45, 7) is 5.46. The number of piperidine rings is 1. The molecule has 4 nitrogen and oxygen atoms in total. The van der Waals surface area contributed by atoms with Crippen molar-refractivity contribution in [2.45, 2.75) is 26.7 Å². The van der Waals surface area contributed by atoms with E-state index in [-0.39, 0.29) is 5.92 Å². The Morgan fingerprint density at radius 3 is 2.72 bits per heavy atom. The highest BCUT2D eigenvalue weighted by atomic mass is 16.4. The van der Waals surface area contributed by atoms with Crippen LogP contribution < -0.4 is 4.90 Å². The summed E-state index contributed by atoms with van der Waals surface area (Å²) in [7, 11) is 0. The molecule has 4 heteroatoms. The Labute approximate surface area is 108 Å². The number of pyridine rings is 1. The van der Waals surface area contributed by atoms with Gasteiger partial charge >= 0.3 is 5.97 Å². The minimum atomic E-state index is -0.705. The van der Waals surface area contributed by atoms with Crippen molar-refractivity contribution < 1.29 is 9.90 Å². The quantitative estimate of drug-likeness (QED) is 0.892. The van der Waals surface area contributed by atoms with Crippen molar-refractivity contribution in [3.05, 3.63) is 24.5 Å². The number of carboxylic acids is 1. The van der Waals surface area contributed by atoms with Crippen LogP contribution in [0.4, 0.5) is 5.69 Å². The Hall–Kier alpha value is -1.58. The second-order valence-corrected chi connectivity index (χ2v) is 5.52. The molecule has 18 heavy (non-hydrogen) atoms. The van der Waals surface area contributed by atoms with Crippen molar-refractivity contribution >= 4 is 11.7 Å². The molecular formula is C14H20N2O2. The lowest BCUT2D eigenvalue weighted by Gasteiger charge is -2.40. The van der Waals surface area contributed by atoms with E-state index in [4.69, 9.17) is 0 Å². The number of aliphatic carboxylic acids is 1. The van der Waals surface area contributed by atoms with Gasteiger partial charge in [0, 0.05) is 31.2 Å². The number of carbonyl (C=O) groups is 1. The molecule has 1 N–H and O–H groups in total. The Morgan fingerprint density at radius 1 is 1.44 bits per heavy atom. The number of rotatable bonds is 3. The first-order valence-electron chi connectivity index (χ1n) is 6.40. The fourth-order valence-corrected chi connectivity index (χ4v) is 2.53. The summed E-state index contributed by atoms with van der Waals surface area (Å²) in [5, 5.41) is 9.32. The molecule has 0 radical (unpaired) electrons. The molecule has 0 amide bonds. The zero-order chi connectivity index (χ0) is 13.2. The molecule has 1 fully saturated rings. The van der Waals surface area contributed by atoms with Crippen molar-refractivity contribution in [3.63, 3.8) is 0 Å². The minimum absolute atomic E-state index is 0.192. The van der Waals surface area contributed by atoms with Crippen LogP contribution in [0.1, 0.15) is 26.7 Å². The summed E-state index contributed by atoms with van der Waals surface area (Å²) in [5.41, 5.74) is 0.474. The Kier molecular flexibility index (Phi) is 3.55. The maximum absolute atomic E-state index is 11.3. The van der Waals surface area contributed by atoms with E-state index in [0.29, 0.717) is 0 Å². The maximum atomic E-state index is 11.3. The van der Waals surface area contributed by atoms with E-state index in [0.717, 1.165) is 31.6 Å². The number of hydrogen-bond donors (Lipinski definition) is 1. The van der Waals surface area contributed by atoms with E-state index in [2.05, 4.69) is 9.88 Å². The number of anilines is 1. The van der Waals surface area contributed by atoms with Crippen LogP contribution in [0.15, 0.2) is 24.5 Å². The molecule has 1 atom stereocenters. The average molecular weight is 248 g/mol. The molecule has 1 aromatic rings. The van der Waals surface area contributed by atoms with E-state index >= 15 is 0 Å². The van der Waals surface area contributed by atoms with Gasteiger partial charge in [-0.2, -0.15) is 0 Å². The van der Waals surface area contributed by atoms with Gasteiger partial charge in [-0.1, -0.05) is 0 Å². The first kappa shape index (κ1) is 12.9. The van der Waals surface area contributed by atoms with Crippen molar-refractivity contribution in [3.8, 4) is 0 Å². The smallest absolute Gasteiger partial charge is 0.309 e. The standard InChI is InChI=1S/C14H20N2O2/c1-14(2,13(17)18)11-4-3-9-16(10-11)12-5-7-15-8-6-12/h5-8,11H,3-4,9-10H2,1-2H3,(H,17,18). The fraction of sp³-hybridized carbons (Fsp3) is 0.571. The lowest BCUT2D eigenvalue weighted by atomic mass is 9.74. The molecule has 2 rings (SSSR count). The first-order valence-corrected chi connectivity index (χ1v) is 6.40. The van der Waals surface area contributed by atoms with Gasteiger partial charge in [-0.3, -0.25) is 9.78 Å². The lowest BCUT2D eigenvalue weighted by Crippen LogP contribution is -2.44. The first-order chi connectivity index (χ1) is 8.51. The van der Waals surface area contributed by atoms with Gasteiger partial charge in [0.2, 0.25) is 0 Å². The SMILES string of the molecule is CC(C)(C(=O)O)C1CCCN(c2ccncc2)C1. The summed E-state index contributed by atoms with van der Waals surface area (Å²) in [4.78, 5) is 17.6. The molecular weight excluding hydrogens is 228 g/mol. The third-order valence-electron chi connectivity index (χ3n) is 4.02. The number of carboxylic acid groups (broad SMARTS) is 1. The molecule has 1 aliphatic heterocycles. The van der Waals surface area contributed by atoms with Gasteiger partial charge < -0.3 is 10.0 Å². The Balaban J connectivity index is 2.12. The predicted molar refractivity (Wildman–Crippen MR) is 70.6 cm³/mol. The molecule has 0 aromatic carbocycles. The molecule has 2 heterocycles. The van der Waals surface area contributed by atoms with E-state index < -0.39 is 11.4 Å². The second-order valence-electron chi connectivity index (χ2n) is 5.52. The van der Waals surface area contributed by atoms with Crippen LogP contribution in [0, 0.1) is 11.3 Å². The van der Waals surface area contributed by atoms with Crippen molar-refractivity contribution in [2.24, 2.45) is 11.3 Å². The van der Waals surface area contributed by atoms with Gasteiger partial charge in [0.1, 0.15) is 0 Å². The van der Waals surface area contributed by atoms with Crippen molar-refractivity contribution in [1.29, 1.82) is 0 Å². The third-order valence-corrected chi connectivity index (χ3v) is 4.02. The average Bonchev–Trinajstić information content (AvgIpc) is 2.40. The molecule has 1 aromatic heterocycles.